The van der Waals surface area contributed by atoms with Gasteiger partial charge in [0.2, 0.25) is 0 Å². The van der Waals surface area contributed by atoms with Crippen LogP contribution in [0.3, 0.4) is 0 Å². The van der Waals surface area contributed by atoms with Gasteiger partial charge in [0.1, 0.15) is 11.6 Å². The minimum Gasteiger partial charge on any atom is -0.329 e. The molecule has 4 heteroatoms. The highest BCUT2D eigenvalue weighted by Gasteiger charge is 2.29. The molecule has 0 radical (unpaired) electrons. The Kier molecular flexibility index (Phi) is 3.74. The lowest BCUT2D eigenvalue weighted by Gasteiger charge is -2.31. The number of likely N-dealkylation sites (tertiary alicyclic amines) is 1. The molecule has 1 fully saturated rings. The van der Waals surface area contributed by atoms with Crippen LogP contribution < -0.4 is 5.73 Å². The van der Waals surface area contributed by atoms with Crippen molar-refractivity contribution in [1.82, 2.24) is 4.90 Å². The Morgan fingerprint density at radius 2 is 2.24 bits per heavy atom. The van der Waals surface area contributed by atoms with E-state index in [-0.39, 0.29) is 6.04 Å². The number of rotatable bonds is 3. The summed E-state index contributed by atoms with van der Waals surface area (Å²) in [5, 5.41) is 0. The van der Waals surface area contributed by atoms with Crippen molar-refractivity contribution in [2.45, 2.75) is 31.8 Å². The summed E-state index contributed by atoms with van der Waals surface area (Å²) < 4.78 is 26.6. The molecule has 0 aliphatic carbocycles. The molecule has 2 N–H and O–H groups in total. The topological polar surface area (TPSA) is 29.3 Å². The first-order chi connectivity index (χ1) is 8.13. The summed E-state index contributed by atoms with van der Waals surface area (Å²) in [6.45, 7) is 3.41. The zero-order valence-electron chi connectivity index (χ0n) is 10.00. The smallest absolute Gasteiger partial charge is 0.130 e. The van der Waals surface area contributed by atoms with Gasteiger partial charge in [-0.15, -0.1) is 0 Å². The third kappa shape index (κ3) is 2.48. The summed E-state index contributed by atoms with van der Waals surface area (Å²) in [6, 6.07) is 3.99. The van der Waals surface area contributed by atoms with Gasteiger partial charge in [-0.2, -0.15) is 0 Å². The fraction of sp³-hybridized carbons (Fsp3) is 0.538. The fourth-order valence-electron chi connectivity index (χ4n) is 2.63. The molecule has 2 nitrogen and oxygen atoms in total. The normalized spacial score (nSPS) is 22.9. The van der Waals surface area contributed by atoms with Crippen LogP contribution in [0.5, 0.6) is 0 Å². The Hall–Kier alpha value is -1.00. The predicted molar refractivity (Wildman–Crippen MR) is 63.6 cm³/mol. The van der Waals surface area contributed by atoms with Gasteiger partial charge in [0.05, 0.1) is 6.04 Å². The second-order valence-corrected chi connectivity index (χ2v) is 4.65. The fourth-order valence-corrected chi connectivity index (χ4v) is 2.63. The van der Waals surface area contributed by atoms with Gasteiger partial charge < -0.3 is 5.73 Å². The average molecular weight is 240 g/mol. The Morgan fingerprint density at radius 1 is 1.47 bits per heavy atom. The number of halogens is 2. The van der Waals surface area contributed by atoms with Gasteiger partial charge >= 0.3 is 0 Å². The van der Waals surface area contributed by atoms with E-state index in [2.05, 4.69) is 11.8 Å². The minimum atomic E-state index is -0.545. The van der Waals surface area contributed by atoms with Crippen LogP contribution in [0.25, 0.3) is 0 Å². The molecule has 17 heavy (non-hydrogen) atoms. The Labute approximate surface area is 100 Å². The van der Waals surface area contributed by atoms with E-state index < -0.39 is 11.6 Å². The van der Waals surface area contributed by atoms with Gasteiger partial charge in [0, 0.05) is 24.2 Å². The number of hydrogen-bond donors (Lipinski definition) is 1. The van der Waals surface area contributed by atoms with Crippen LogP contribution >= 0.6 is 0 Å². The first-order valence-corrected chi connectivity index (χ1v) is 6.04. The molecule has 0 saturated carbocycles. The molecule has 1 aromatic carbocycles. The van der Waals surface area contributed by atoms with Crippen LogP contribution in [-0.2, 0) is 0 Å². The van der Waals surface area contributed by atoms with Gasteiger partial charge in [-0.25, -0.2) is 8.78 Å². The molecule has 0 bridgehead atoms. The molecule has 0 amide bonds. The van der Waals surface area contributed by atoms with Crippen molar-refractivity contribution in [1.29, 1.82) is 0 Å². The lowest BCUT2D eigenvalue weighted by molar-refractivity contribution is 0.191. The van der Waals surface area contributed by atoms with Gasteiger partial charge in [-0.05, 0) is 32.4 Å². The SMILES string of the molecule is CC1CCCN1C(CN)c1ccc(F)cc1F. The van der Waals surface area contributed by atoms with Crippen LogP contribution in [0, 0.1) is 11.6 Å². The van der Waals surface area contributed by atoms with E-state index in [9.17, 15) is 8.78 Å². The van der Waals surface area contributed by atoms with Gasteiger partial charge in [-0.3, -0.25) is 4.90 Å². The number of benzene rings is 1. The summed E-state index contributed by atoms with van der Waals surface area (Å²) in [6.07, 6.45) is 2.22. The van der Waals surface area contributed by atoms with Gasteiger partial charge in [0.15, 0.2) is 0 Å². The highest BCUT2D eigenvalue weighted by molar-refractivity contribution is 5.23. The standard InChI is InChI=1S/C13H18F2N2/c1-9-3-2-6-17(9)13(8-16)11-5-4-10(14)7-12(11)15/h4-5,7,9,13H,2-3,6,8,16H2,1H3. The second-order valence-electron chi connectivity index (χ2n) is 4.65. The molecule has 1 aliphatic heterocycles. The van der Waals surface area contributed by atoms with Gasteiger partial charge in [0.25, 0.3) is 0 Å². The Balaban J connectivity index is 2.28. The quantitative estimate of drug-likeness (QED) is 0.879. The first-order valence-electron chi connectivity index (χ1n) is 6.04. The van der Waals surface area contributed by atoms with Crippen molar-refractivity contribution in [2.75, 3.05) is 13.1 Å². The van der Waals surface area contributed by atoms with E-state index in [0.29, 0.717) is 18.2 Å². The average Bonchev–Trinajstić information content (AvgIpc) is 2.69. The van der Waals surface area contributed by atoms with Crippen molar-refractivity contribution in [2.24, 2.45) is 5.73 Å². The minimum absolute atomic E-state index is 0.145. The summed E-state index contributed by atoms with van der Waals surface area (Å²) in [5.41, 5.74) is 6.25. The Bertz CT molecular complexity index is 395. The molecule has 1 saturated heterocycles. The molecule has 2 unspecified atom stereocenters. The third-order valence-corrected chi connectivity index (χ3v) is 3.55. The highest BCUT2D eigenvalue weighted by Crippen LogP contribution is 2.30. The zero-order chi connectivity index (χ0) is 12.4. The molecule has 1 heterocycles. The number of nitrogens with zero attached hydrogens (tertiary/aromatic N) is 1. The van der Waals surface area contributed by atoms with Crippen LogP contribution in [0.1, 0.15) is 31.4 Å². The molecule has 0 spiro atoms. The maximum Gasteiger partial charge on any atom is 0.130 e. The molecule has 2 atom stereocenters. The summed E-state index contributed by atoms with van der Waals surface area (Å²) >= 11 is 0. The Morgan fingerprint density at radius 3 is 2.76 bits per heavy atom. The van der Waals surface area contributed by atoms with Crippen LogP contribution in [-0.4, -0.2) is 24.0 Å². The monoisotopic (exact) mass is 240 g/mol. The summed E-state index contributed by atoms with van der Waals surface area (Å²) in [4.78, 5) is 2.20. The zero-order valence-corrected chi connectivity index (χ0v) is 10.00. The van der Waals surface area contributed by atoms with Crippen molar-refractivity contribution in [3.05, 3.63) is 35.4 Å². The largest absolute Gasteiger partial charge is 0.329 e. The van der Waals surface area contributed by atoms with E-state index in [4.69, 9.17) is 5.73 Å². The van der Waals surface area contributed by atoms with Crippen molar-refractivity contribution in [3.63, 3.8) is 0 Å². The summed E-state index contributed by atoms with van der Waals surface area (Å²) in [5.74, 6) is -1.05. The molecule has 1 aliphatic rings. The molecular weight excluding hydrogens is 222 g/mol. The third-order valence-electron chi connectivity index (χ3n) is 3.55. The highest BCUT2D eigenvalue weighted by atomic mass is 19.1. The van der Waals surface area contributed by atoms with Crippen LogP contribution in [0.15, 0.2) is 18.2 Å². The van der Waals surface area contributed by atoms with Crippen molar-refractivity contribution in [3.8, 4) is 0 Å². The number of hydrogen-bond acceptors (Lipinski definition) is 2. The number of nitrogens with two attached hydrogens (primary N) is 1. The van der Waals surface area contributed by atoms with E-state index >= 15 is 0 Å². The van der Waals surface area contributed by atoms with Crippen molar-refractivity contribution < 1.29 is 8.78 Å². The maximum atomic E-state index is 13.7. The summed E-state index contributed by atoms with van der Waals surface area (Å²) in [7, 11) is 0. The first kappa shape index (κ1) is 12.5. The van der Waals surface area contributed by atoms with Crippen molar-refractivity contribution >= 4 is 0 Å². The molecular formula is C13H18F2N2. The van der Waals surface area contributed by atoms with E-state index in [1.54, 1.807) is 0 Å². The molecule has 2 rings (SSSR count). The molecule has 0 aromatic heterocycles. The maximum absolute atomic E-state index is 13.7. The second kappa shape index (κ2) is 5.10. The van der Waals surface area contributed by atoms with E-state index in [1.165, 1.54) is 12.1 Å². The van der Waals surface area contributed by atoms with Crippen LogP contribution in [0.4, 0.5) is 8.78 Å². The predicted octanol–water partition coefficient (Wildman–Crippen LogP) is 2.45. The van der Waals surface area contributed by atoms with E-state index in [0.717, 1.165) is 25.5 Å². The lowest BCUT2D eigenvalue weighted by Crippen LogP contribution is -2.36. The van der Waals surface area contributed by atoms with E-state index in [1.807, 2.05) is 0 Å². The molecule has 94 valence electrons. The molecule has 1 aromatic rings. The lowest BCUT2D eigenvalue weighted by atomic mass is 10.0. The van der Waals surface area contributed by atoms with Gasteiger partial charge in [-0.1, -0.05) is 6.07 Å². The van der Waals surface area contributed by atoms with Crippen LogP contribution in [0.2, 0.25) is 0 Å².